The largest absolute Gasteiger partial charge is 0.508 e. The fraction of sp³-hybridized carbons (Fsp3) is 0.333. The Labute approximate surface area is 243 Å². The Morgan fingerprint density at radius 3 is 2.05 bits per heavy atom. The third kappa shape index (κ3) is 3.89. The highest BCUT2D eigenvalue weighted by Gasteiger charge is 2.62. The molecule has 0 bridgehead atoms. The van der Waals surface area contributed by atoms with Gasteiger partial charge in [0.25, 0.3) is 0 Å². The topological polar surface area (TPSA) is 95.0 Å². The summed E-state index contributed by atoms with van der Waals surface area (Å²) < 4.78 is 0. The molecule has 6 unspecified atom stereocenters. The van der Waals surface area contributed by atoms with Crippen molar-refractivity contribution >= 4 is 57.9 Å². The number of aromatic hydroxyl groups is 1. The van der Waals surface area contributed by atoms with Crippen molar-refractivity contribution < 1.29 is 24.3 Å². The van der Waals surface area contributed by atoms with Gasteiger partial charge in [-0.3, -0.25) is 29.0 Å². The van der Waals surface area contributed by atoms with Gasteiger partial charge in [-0.25, -0.2) is 0 Å². The average molecular weight is 593 g/mol. The second kappa shape index (κ2) is 9.68. The maximum atomic E-state index is 13.9. The Morgan fingerprint density at radius 2 is 1.43 bits per heavy atom. The predicted octanol–water partition coefficient (Wildman–Crippen LogP) is 5.21. The Kier molecular flexibility index (Phi) is 6.21. The minimum Gasteiger partial charge on any atom is -0.508 e. The van der Waals surface area contributed by atoms with E-state index in [1.54, 1.807) is 12.1 Å². The molecule has 3 fully saturated rings. The summed E-state index contributed by atoms with van der Waals surface area (Å²) >= 11 is 9.35. The van der Waals surface area contributed by atoms with E-state index in [0.29, 0.717) is 23.4 Å². The summed E-state index contributed by atoms with van der Waals surface area (Å²) in [5, 5.41) is 15.2. The first-order valence-electron chi connectivity index (χ1n) is 13.3. The second-order valence-electron chi connectivity index (χ2n) is 10.9. The monoisotopic (exact) mass is 592 g/mol. The molecular weight excluding hydrogens is 568 g/mol. The minimum atomic E-state index is -0.717. The fourth-order valence-corrected chi connectivity index (χ4v) is 8.84. The van der Waals surface area contributed by atoms with Gasteiger partial charge in [-0.2, -0.15) is 0 Å². The quantitative estimate of drug-likeness (QED) is 0.324. The van der Waals surface area contributed by atoms with E-state index in [1.807, 2.05) is 41.1 Å². The molecule has 7 nitrogen and oxygen atoms in total. The first-order valence-corrected chi connectivity index (χ1v) is 15.4. The highest BCUT2D eigenvalue weighted by atomic mass is 35.5. The van der Waals surface area contributed by atoms with Crippen LogP contribution in [0.5, 0.6) is 5.75 Å². The van der Waals surface area contributed by atoms with Crippen LogP contribution in [0.4, 0.5) is 0 Å². The molecule has 6 atom stereocenters. The van der Waals surface area contributed by atoms with Crippen LogP contribution in [0.1, 0.15) is 34.1 Å². The number of nitrogens with zero attached hydrogens (tertiary/aromatic N) is 2. The summed E-state index contributed by atoms with van der Waals surface area (Å²) in [6.45, 7) is 0.430. The Morgan fingerprint density at radius 1 is 0.800 bits per heavy atom. The van der Waals surface area contributed by atoms with Crippen LogP contribution in [0.3, 0.4) is 0 Å². The van der Waals surface area contributed by atoms with Gasteiger partial charge in [0, 0.05) is 26.3 Å². The SMILES string of the molecule is O=C1C2CC=C3C(CC4C(=O)N(Cc5cccs5)C(=O)C4C3c3cc(Cl)ccc3O)C2C(=O)N1Cc1cccs1. The maximum absolute atomic E-state index is 13.9. The summed E-state index contributed by atoms with van der Waals surface area (Å²) in [4.78, 5) is 59.6. The number of likely N-dealkylation sites (tertiary alicyclic amines) is 2. The van der Waals surface area contributed by atoms with Crippen LogP contribution in [0.2, 0.25) is 5.02 Å². The van der Waals surface area contributed by atoms with E-state index < -0.39 is 35.5 Å². The first-order chi connectivity index (χ1) is 19.3. The lowest BCUT2D eigenvalue weighted by Crippen LogP contribution is -2.43. The van der Waals surface area contributed by atoms with Gasteiger partial charge in [0.05, 0.1) is 36.8 Å². The summed E-state index contributed by atoms with van der Waals surface area (Å²) in [5.41, 5.74) is 1.32. The molecule has 10 heteroatoms. The Bertz CT molecular complexity index is 1570. The molecule has 4 heterocycles. The molecule has 3 aromatic rings. The van der Waals surface area contributed by atoms with E-state index in [4.69, 9.17) is 11.6 Å². The molecular formula is C30H25ClN2O5S2. The average Bonchev–Trinajstić information content (AvgIpc) is 3.74. The van der Waals surface area contributed by atoms with E-state index in [0.717, 1.165) is 15.3 Å². The number of carbonyl (C=O) groups is 4. The minimum absolute atomic E-state index is 0.0121. The molecule has 4 aliphatic rings. The van der Waals surface area contributed by atoms with E-state index in [9.17, 15) is 24.3 Å². The molecule has 0 spiro atoms. The van der Waals surface area contributed by atoms with Crippen molar-refractivity contribution in [1.82, 2.24) is 9.80 Å². The molecule has 1 saturated carbocycles. The number of phenolic OH excluding ortho intramolecular Hbond substituents is 1. The molecule has 204 valence electrons. The molecule has 4 amide bonds. The number of carbonyl (C=O) groups excluding carboxylic acids is 4. The van der Waals surface area contributed by atoms with Crippen LogP contribution in [-0.2, 0) is 32.3 Å². The molecule has 1 aromatic carbocycles. The fourth-order valence-electron chi connectivity index (χ4n) is 7.27. The zero-order valence-electron chi connectivity index (χ0n) is 21.2. The second-order valence-corrected chi connectivity index (χ2v) is 13.4. The van der Waals surface area contributed by atoms with E-state index in [2.05, 4.69) is 0 Å². The number of hydrogen-bond donors (Lipinski definition) is 1. The first kappa shape index (κ1) is 25.7. The normalized spacial score (nSPS) is 29.5. The zero-order chi connectivity index (χ0) is 27.7. The highest BCUT2D eigenvalue weighted by molar-refractivity contribution is 7.10. The van der Waals surface area contributed by atoms with Crippen LogP contribution in [-0.4, -0.2) is 38.5 Å². The summed E-state index contributed by atoms with van der Waals surface area (Å²) in [6.07, 6.45) is 2.66. The third-order valence-corrected chi connectivity index (χ3v) is 10.9. The van der Waals surface area contributed by atoms with Crippen LogP contribution >= 0.6 is 34.3 Å². The third-order valence-electron chi connectivity index (χ3n) is 8.94. The van der Waals surface area contributed by atoms with Gasteiger partial charge in [0.15, 0.2) is 0 Å². The Balaban J connectivity index is 1.30. The van der Waals surface area contributed by atoms with Crippen molar-refractivity contribution in [2.45, 2.75) is 31.8 Å². The lowest BCUT2D eigenvalue weighted by Gasteiger charge is -2.44. The summed E-state index contributed by atoms with van der Waals surface area (Å²) in [7, 11) is 0. The number of thiophene rings is 2. The molecule has 1 N–H and O–H groups in total. The number of phenols is 1. The van der Waals surface area contributed by atoms with Crippen LogP contribution < -0.4 is 0 Å². The maximum Gasteiger partial charge on any atom is 0.234 e. The van der Waals surface area contributed by atoms with Crippen molar-refractivity contribution in [2.24, 2.45) is 29.6 Å². The standard InChI is InChI=1S/C30H25ClN2O5S2/c31-15-5-8-23(34)21(11-15)24-18-6-7-19-25(29(37)32(27(19)35)13-16-3-1-9-39-16)20(18)12-22-26(24)30(38)33(28(22)36)14-17-4-2-10-40-17/h1-6,8-11,19-20,22,24-26,34H,7,12-14H2. The number of benzene rings is 1. The van der Waals surface area contributed by atoms with Crippen molar-refractivity contribution in [3.05, 3.63) is 85.2 Å². The van der Waals surface area contributed by atoms with Crippen LogP contribution in [0.15, 0.2) is 64.9 Å². The lowest BCUT2D eigenvalue weighted by atomic mass is 9.57. The highest BCUT2D eigenvalue weighted by Crippen LogP contribution is 2.59. The number of fused-ring (bicyclic) bond motifs is 4. The van der Waals surface area contributed by atoms with E-state index in [-0.39, 0.29) is 42.5 Å². The number of hydrogen-bond acceptors (Lipinski definition) is 7. The number of allylic oxidation sites excluding steroid dienone is 2. The van der Waals surface area contributed by atoms with Crippen molar-refractivity contribution in [3.63, 3.8) is 0 Å². The zero-order valence-corrected chi connectivity index (χ0v) is 23.6. The molecule has 40 heavy (non-hydrogen) atoms. The van der Waals surface area contributed by atoms with Gasteiger partial charge in [-0.1, -0.05) is 35.4 Å². The van der Waals surface area contributed by atoms with E-state index >= 15 is 0 Å². The number of rotatable bonds is 5. The van der Waals surface area contributed by atoms with Crippen molar-refractivity contribution in [1.29, 1.82) is 0 Å². The van der Waals surface area contributed by atoms with Crippen molar-refractivity contribution in [3.8, 4) is 5.75 Å². The van der Waals surface area contributed by atoms with Gasteiger partial charge in [0.1, 0.15) is 5.75 Å². The number of halogens is 1. The molecule has 2 aliphatic carbocycles. The number of amides is 4. The van der Waals surface area contributed by atoms with Gasteiger partial charge in [-0.15, -0.1) is 22.7 Å². The van der Waals surface area contributed by atoms with E-state index in [1.165, 1.54) is 38.5 Å². The molecule has 2 saturated heterocycles. The van der Waals surface area contributed by atoms with Gasteiger partial charge >= 0.3 is 0 Å². The Hall–Kier alpha value is -3.27. The molecule has 0 radical (unpaired) electrons. The summed E-state index contributed by atoms with van der Waals surface area (Å²) in [5.74, 6) is -4.46. The summed E-state index contributed by atoms with van der Waals surface area (Å²) in [6, 6.07) is 12.3. The number of imide groups is 2. The van der Waals surface area contributed by atoms with Crippen LogP contribution in [0, 0.1) is 29.6 Å². The van der Waals surface area contributed by atoms with Gasteiger partial charge in [-0.05, 0) is 59.9 Å². The molecule has 2 aromatic heterocycles. The predicted molar refractivity (Wildman–Crippen MR) is 150 cm³/mol. The smallest absolute Gasteiger partial charge is 0.234 e. The van der Waals surface area contributed by atoms with Gasteiger partial charge in [0.2, 0.25) is 23.6 Å². The van der Waals surface area contributed by atoms with Gasteiger partial charge < -0.3 is 5.11 Å². The molecule has 7 rings (SSSR count). The molecule has 2 aliphatic heterocycles. The van der Waals surface area contributed by atoms with Crippen molar-refractivity contribution in [2.75, 3.05) is 0 Å². The lowest BCUT2D eigenvalue weighted by molar-refractivity contribution is -0.142. The van der Waals surface area contributed by atoms with Crippen LogP contribution in [0.25, 0.3) is 0 Å².